The zero-order valence-electron chi connectivity index (χ0n) is 10.8. The number of nitrogens with zero attached hydrogens (tertiary/aromatic N) is 2. The van der Waals surface area contributed by atoms with Crippen LogP contribution in [0.1, 0.15) is 26.3 Å². The van der Waals surface area contributed by atoms with Crippen molar-refractivity contribution in [1.29, 1.82) is 0 Å². The highest BCUT2D eigenvalue weighted by molar-refractivity contribution is 5.40. The van der Waals surface area contributed by atoms with E-state index in [1.807, 2.05) is 23.2 Å². The van der Waals surface area contributed by atoms with Crippen LogP contribution in [-0.2, 0) is 5.41 Å². The summed E-state index contributed by atoms with van der Waals surface area (Å²) in [4.78, 5) is 6.25. The molecule has 0 unspecified atom stereocenters. The highest BCUT2D eigenvalue weighted by atomic mass is 16.3. The summed E-state index contributed by atoms with van der Waals surface area (Å²) in [5.41, 5.74) is 1.26. The van der Waals surface area contributed by atoms with Gasteiger partial charge in [0.15, 0.2) is 0 Å². The van der Waals surface area contributed by atoms with Crippen molar-refractivity contribution in [2.24, 2.45) is 0 Å². The van der Waals surface area contributed by atoms with Crippen LogP contribution in [0, 0.1) is 0 Å². The molecule has 0 atom stereocenters. The summed E-state index contributed by atoms with van der Waals surface area (Å²) in [6.45, 7) is 7.52. The van der Waals surface area contributed by atoms with Gasteiger partial charge in [-0.05, 0) is 17.0 Å². The molecule has 0 saturated heterocycles. The molecule has 96 valence electrons. The molecule has 17 heavy (non-hydrogen) atoms. The van der Waals surface area contributed by atoms with E-state index in [2.05, 4.69) is 25.8 Å². The van der Waals surface area contributed by atoms with Crippen molar-refractivity contribution >= 4 is 5.82 Å². The van der Waals surface area contributed by atoms with E-state index >= 15 is 0 Å². The van der Waals surface area contributed by atoms with Crippen LogP contribution in [0.4, 0.5) is 5.82 Å². The van der Waals surface area contributed by atoms with Gasteiger partial charge in [0.2, 0.25) is 0 Å². The molecule has 0 amide bonds. The smallest absolute Gasteiger partial charge is 0.128 e. The van der Waals surface area contributed by atoms with Gasteiger partial charge in [-0.2, -0.15) is 0 Å². The maximum atomic E-state index is 8.96. The minimum atomic E-state index is 0.0582. The topological polar surface area (TPSA) is 56.6 Å². The van der Waals surface area contributed by atoms with Crippen molar-refractivity contribution in [3.63, 3.8) is 0 Å². The van der Waals surface area contributed by atoms with Crippen LogP contribution < -0.4 is 4.90 Å². The van der Waals surface area contributed by atoms with Gasteiger partial charge in [0.25, 0.3) is 0 Å². The summed E-state index contributed by atoms with van der Waals surface area (Å²) in [5, 5.41) is 17.9. The lowest BCUT2D eigenvalue weighted by Gasteiger charge is -2.23. The average molecular weight is 238 g/mol. The molecule has 0 aliphatic carbocycles. The lowest BCUT2D eigenvalue weighted by Crippen LogP contribution is -2.30. The van der Waals surface area contributed by atoms with E-state index in [9.17, 15) is 0 Å². The van der Waals surface area contributed by atoms with Crippen LogP contribution in [0.25, 0.3) is 0 Å². The fourth-order valence-electron chi connectivity index (χ4n) is 1.60. The SMILES string of the molecule is CC(C)(C)c1ccc(N(CCO)CCO)nc1. The lowest BCUT2D eigenvalue weighted by atomic mass is 9.88. The first-order chi connectivity index (χ1) is 7.99. The highest BCUT2D eigenvalue weighted by Crippen LogP contribution is 2.22. The van der Waals surface area contributed by atoms with Crippen LogP contribution in [-0.4, -0.2) is 41.5 Å². The normalized spacial score (nSPS) is 11.6. The third kappa shape index (κ3) is 3.98. The Morgan fingerprint density at radius 3 is 2.06 bits per heavy atom. The van der Waals surface area contributed by atoms with E-state index in [4.69, 9.17) is 10.2 Å². The molecule has 1 heterocycles. The summed E-state index contributed by atoms with van der Waals surface area (Å²) in [6, 6.07) is 3.98. The molecule has 0 aliphatic heterocycles. The third-order valence-electron chi connectivity index (χ3n) is 2.68. The molecule has 0 saturated carbocycles. The Hall–Kier alpha value is -1.13. The first kappa shape index (κ1) is 13.9. The molecular weight excluding hydrogens is 216 g/mol. The van der Waals surface area contributed by atoms with Crippen molar-refractivity contribution < 1.29 is 10.2 Å². The van der Waals surface area contributed by atoms with Gasteiger partial charge in [0.1, 0.15) is 5.82 Å². The van der Waals surface area contributed by atoms with E-state index in [1.165, 1.54) is 5.56 Å². The van der Waals surface area contributed by atoms with Crippen molar-refractivity contribution in [2.45, 2.75) is 26.2 Å². The van der Waals surface area contributed by atoms with Gasteiger partial charge in [-0.3, -0.25) is 0 Å². The highest BCUT2D eigenvalue weighted by Gasteiger charge is 2.14. The van der Waals surface area contributed by atoms with Gasteiger partial charge in [-0.15, -0.1) is 0 Å². The van der Waals surface area contributed by atoms with Gasteiger partial charge in [0.05, 0.1) is 13.2 Å². The predicted octanol–water partition coefficient (Wildman–Crippen LogP) is 1.17. The average Bonchev–Trinajstić information content (AvgIpc) is 2.28. The van der Waals surface area contributed by atoms with Crippen LogP contribution in [0.5, 0.6) is 0 Å². The van der Waals surface area contributed by atoms with Gasteiger partial charge in [0, 0.05) is 19.3 Å². The number of pyridine rings is 1. The fourth-order valence-corrected chi connectivity index (χ4v) is 1.60. The van der Waals surface area contributed by atoms with Crippen molar-refractivity contribution in [2.75, 3.05) is 31.2 Å². The van der Waals surface area contributed by atoms with E-state index < -0.39 is 0 Å². The van der Waals surface area contributed by atoms with Crippen LogP contribution in [0.2, 0.25) is 0 Å². The Morgan fingerprint density at radius 2 is 1.71 bits per heavy atom. The van der Waals surface area contributed by atoms with Crippen LogP contribution in [0.15, 0.2) is 18.3 Å². The molecule has 0 radical (unpaired) electrons. The monoisotopic (exact) mass is 238 g/mol. The quantitative estimate of drug-likeness (QED) is 0.808. The van der Waals surface area contributed by atoms with Crippen LogP contribution in [0.3, 0.4) is 0 Å². The minimum Gasteiger partial charge on any atom is -0.395 e. The summed E-state index contributed by atoms with van der Waals surface area (Å²) >= 11 is 0. The largest absolute Gasteiger partial charge is 0.395 e. The molecular formula is C13H22N2O2. The van der Waals surface area contributed by atoms with Gasteiger partial charge in [-0.25, -0.2) is 4.98 Å². The summed E-state index contributed by atoms with van der Waals surface area (Å²) in [6.07, 6.45) is 1.86. The number of aliphatic hydroxyl groups is 2. The number of hydrogen-bond acceptors (Lipinski definition) is 4. The molecule has 4 nitrogen and oxygen atoms in total. The van der Waals surface area contributed by atoms with Gasteiger partial charge < -0.3 is 15.1 Å². The Bertz CT molecular complexity index is 324. The molecule has 0 aromatic carbocycles. The Balaban J connectivity index is 2.84. The Labute approximate surface area is 103 Å². The summed E-state index contributed by atoms with van der Waals surface area (Å²) in [7, 11) is 0. The summed E-state index contributed by atoms with van der Waals surface area (Å²) in [5.74, 6) is 0.793. The summed E-state index contributed by atoms with van der Waals surface area (Å²) < 4.78 is 0. The van der Waals surface area contributed by atoms with Gasteiger partial charge >= 0.3 is 0 Å². The van der Waals surface area contributed by atoms with E-state index in [-0.39, 0.29) is 18.6 Å². The van der Waals surface area contributed by atoms with Crippen LogP contribution >= 0.6 is 0 Å². The third-order valence-corrected chi connectivity index (χ3v) is 2.68. The second-order valence-corrected chi connectivity index (χ2v) is 5.09. The van der Waals surface area contributed by atoms with Gasteiger partial charge in [-0.1, -0.05) is 26.8 Å². The lowest BCUT2D eigenvalue weighted by molar-refractivity contribution is 0.280. The molecule has 0 bridgehead atoms. The molecule has 4 heteroatoms. The maximum absolute atomic E-state index is 8.96. The molecule has 1 aromatic heterocycles. The second kappa shape index (κ2) is 5.98. The number of aliphatic hydroxyl groups excluding tert-OH is 2. The zero-order chi connectivity index (χ0) is 12.9. The second-order valence-electron chi connectivity index (χ2n) is 5.09. The van der Waals surface area contributed by atoms with E-state index in [1.54, 1.807) is 0 Å². The number of hydrogen-bond donors (Lipinski definition) is 2. The molecule has 1 aromatic rings. The molecule has 0 fully saturated rings. The van der Waals surface area contributed by atoms with Crippen molar-refractivity contribution in [1.82, 2.24) is 4.98 Å². The maximum Gasteiger partial charge on any atom is 0.128 e. The first-order valence-electron chi connectivity index (χ1n) is 5.92. The first-order valence-corrected chi connectivity index (χ1v) is 5.92. The standard InChI is InChI=1S/C13H22N2O2/c1-13(2,3)11-4-5-12(14-10-11)15(6-8-16)7-9-17/h4-5,10,16-17H,6-9H2,1-3H3. The molecule has 0 spiro atoms. The predicted molar refractivity (Wildman–Crippen MR) is 69.3 cm³/mol. The molecule has 0 aliphatic rings. The molecule has 2 N–H and O–H groups in total. The number of aromatic nitrogens is 1. The van der Waals surface area contributed by atoms with E-state index in [0.717, 1.165) is 5.82 Å². The minimum absolute atomic E-state index is 0.0582. The number of rotatable bonds is 5. The fraction of sp³-hybridized carbons (Fsp3) is 0.615. The Morgan fingerprint density at radius 1 is 1.12 bits per heavy atom. The van der Waals surface area contributed by atoms with Crippen molar-refractivity contribution in [3.8, 4) is 0 Å². The van der Waals surface area contributed by atoms with Crippen molar-refractivity contribution in [3.05, 3.63) is 23.9 Å². The van der Waals surface area contributed by atoms with E-state index in [0.29, 0.717) is 13.1 Å². The Kier molecular flexibility index (Phi) is 4.90. The molecule has 1 rings (SSSR count). The zero-order valence-corrected chi connectivity index (χ0v) is 10.8. The number of anilines is 1.